The summed E-state index contributed by atoms with van der Waals surface area (Å²) in [5, 5.41) is 0.335. The number of nitrogens with one attached hydrogen (secondary N) is 2. The molecular weight excluding hydrogens is 1210 g/mol. The first-order valence-corrected chi connectivity index (χ1v) is 36.7. The first-order valence-electron chi connectivity index (χ1n) is 30.7. The molecule has 16 rings (SSSR count). The quantitative estimate of drug-likeness (QED) is 0.184. The lowest BCUT2D eigenvalue weighted by molar-refractivity contribution is -0.000307. The Morgan fingerprint density at radius 2 is 1.01 bits per heavy atom. The van der Waals surface area contributed by atoms with Crippen LogP contribution in [0.15, 0.2) is 93.8 Å². The monoisotopic (exact) mass is 1290 g/mol. The molecular formula is C66H76Cl2F2N4O8S4. The number of thioether (sulfide) groups is 2. The molecule has 0 radical (unpaired) electrons. The van der Waals surface area contributed by atoms with Crippen molar-refractivity contribution in [3.8, 4) is 0 Å². The van der Waals surface area contributed by atoms with E-state index in [1.54, 1.807) is 62.0 Å². The zero-order chi connectivity index (χ0) is 60.2. The first kappa shape index (κ1) is 60.8. The van der Waals surface area contributed by atoms with Gasteiger partial charge in [0.05, 0.1) is 45.1 Å². The Balaban J connectivity index is 0.000000160. The van der Waals surface area contributed by atoms with Gasteiger partial charge in [0.25, 0.3) is 11.8 Å². The molecule has 0 unspecified atom stereocenters. The zero-order valence-corrected chi connectivity index (χ0v) is 53.9. The van der Waals surface area contributed by atoms with E-state index in [9.17, 15) is 26.4 Å². The van der Waals surface area contributed by atoms with E-state index in [1.807, 2.05) is 50.2 Å². The third-order valence-corrected chi connectivity index (χ3v) is 27.6. The summed E-state index contributed by atoms with van der Waals surface area (Å²) in [6.45, 7) is 6.84. The molecule has 0 aromatic heterocycles. The molecule has 4 aromatic carbocycles. The van der Waals surface area contributed by atoms with E-state index < -0.39 is 31.9 Å². The van der Waals surface area contributed by atoms with Crippen molar-refractivity contribution < 1.29 is 44.7 Å². The highest BCUT2D eigenvalue weighted by Gasteiger charge is 2.49. The van der Waals surface area contributed by atoms with Crippen LogP contribution in [0.5, 0.6) is 0 Å². The fraction of sp³-hybridized carbons (Fsp3) is 0.545. The largest absolute Gasteiger partial charge is 0.377 e. The van der Waals surface area contributed by atoms with Gasteiger partial charge in [0.2, 0.25) is 20.0 Å². The number of fused-ring (bicyclic) bond motifs is 12. The highest BCUT2D eigenvalue weighted by Crippen LogP contribution is 2.54. The van der Waals surface area contributed by atoms with Crippen LogP contribution >= 0.6 is 46.7 Å². The van der Waals surface area contributed by atoms with Crippen LogP contribution in [0.1, 0.15) is 121 Å². The molecule has 460 valence electrons. The lowest BCUT2D eigenvalue weighted by Gasteiger charge is -2.48. The number of sulfonamides is 2. The number of benzene rings is 4. The molecule has 2 amide bonds. The Labute approximate surface area is 523 Å². The van der Waals surface area contributed by atoms with Gasteiger partial charge in [-0.05, 0) is 206 Å². The summed E-state index contributed by atoms with van der Waals surface area (Å²) >= 11 is 15.9. The Bertz CT molecular complexity index is 3460. The maximum absolute atomic E-state index is 15.3. The Morgan fingerprint density at radius 1 is 0.605 bits per heavy atom. The van der Waals surface area contributed by atoms with Crippen LogP contribution in [0.3, 0.4) is 0 Å². The normalized spacial score (nSPS) is 33.2. The molecule has 6 aliphatic carbocycles. The van der Waals surface area contributed by atoms with E-state index in [1.165, 1.54) is 11.1 Å². The minimum absolute atomic E-state index is 0.0270. The van der Waals surface area contributed by atoms with Gasteiger partial charge in [-0.3, -0.25) is 9.59 Å². The van der Waals surface area contributed by atoms with Crippen molar-refractivity contribution in [1.29, 1.82) is 0 Å². The minimum atomic E-state index is -3.82. The maximum Gasteiger partial charge on any atom is 0.264 e. The predicted molar refractivity (Wildman–Crippen MR) is 338 cm³/mol. The number of rotatable bonds is 2. The van der Waals surface area contributed by atoms with Crippen molar-refractivity contribution >= 4 is 90.0 Å². The van der Waals surface area contributed by atoms with Gasteiger partial charge in [-0.1, -0.05) is 61.3 Å². The van der Waals surface area contributed by atoms with Crippen LogP contribution in [0.25, 0.3) is 0 Å². The molecule has 2 spiro atoms. The standard InChI is InChI=1S/2C33H38ClFN2O4S2/c2*1-19-16-43(39,40)36-32(38)20-6-10-29-28(14-20)37(15-21-5-7-24(21)31(41-2)23-12-22(19)13-23)17-33(18-42-29)11-3-4-25-26(33)8-9-27(34)30(25)35/h2*6,8-10,12,14,19,21-22,24,31H,3-5,7,11,13,15-18H2,1-2H3,(H,36,38)/t19-,21+,22+,24-,31+,33+;19-,21+,22-,24-,31+,33+/m11/s1. The minimum Gasteiger partial charge on any atom is -0.377 e. The van der Waals surface area contributed by atoms with Gasteiger partial charge in [-0.25, -0.2) is 35.1 Å². The van der Waals surface area contributed by atoms with Gasteiger partial charge in [0.1, 0.15) is 11.6 Å². The van der Waals surface area contributed by atoms with Crippen LogP contribution < -0.4 is 19.2 Å². The molecule has 0 saturated heterocycles. The number of ether oxygens (including phenoxy) is 2. The summed E-state index contributed by atoms with van der Waals surface area (Å²) in [6, 6.07) is 18.5. The lowest BCUT2D eigenvalue weighted by atomic mass is 9.64. The molecule has 6 heterocycles. The van der Waals surface area contributed by atoms with Crippen LogP contribution in [-0.4, -0.2) is 104 Å². The average Bonchev–Trinajstić information content (AvgIpc) is 2.16. The predicted octanol–water partition coefficient (Wildman–Crippen LogP) is 12.7. The molecule has 2 fully saturated rings. The summed E-state index contributed by atoms with van der Waals surface area (Å²) in [6.07, 6.45) is 15.5. The molecule has 6 aliphatic heterocycles. The van der Waals surface area contributed by atoms with Gasteiger partial charge < -0.3 is 19.3 Å². The number of hydrogen-bond donors (Lipinski definition) is 2. The number of methoxy groups -OCH3 is 2. The Hall–Kier alpha value is -4.14. The highest BCUT2D eigenvalue weighted by atomic mass is 35.5. The Morgan fingerprint density at radius 3 is 1.38 bits per heavy atom. The number of allylic oxidation sites excluding steroid dienone is 2. The van der Waals surface area contributed by atoms with E-state index in [2.05, 4.69) is 31.4 Å². The van der Waals surface area contributed by atoms with Crippen molar-refractivity contribution in [2.75, 3.05) is 73.2 Å². The SMILES string of the molecule is CO[C@H]1C2=C[C@@H](C2)[C@H](C)CS(=O)(=O)NC(=O)c2ccc3c(c2)N(C[C@@H]2CC[C@H]21)C[C@@]1(CCCc2c1ccc(Cl)c2F)CS3.CO[C@H]1C2=C[C@H](C2)[C@H](C)CS(=O)(=O)NC(=O)c2ccc3c(c2)N(C[C@@H]2CC[C@H]21)C[C@@]1(CCCc2c1ccc(Cl)c2F)CS3. The van der Waals surface area contributed by atoms with Crippen LogP contribution in [-0.2, 0) is 53.2 Å². The summed E-state index contributed by atoms with van der Waals surface area (Å²) in [5.41, 5.74) is 8.04. The van der Waals surface area contributed by atoms with E-state index in [0.29, 0.717) is 60.7 Å². The van der Waals surface area contributed by atoms with Crippen molar-refractivity contribution in [2.45, 2.75) is 124 Å². The molecule has 20 heteroatoms. The van der Waals surface area contributed by atoms with Crippen LogP contribution in [0, 0.1) is 59.0 Å². The lowest BCUT2D eigenvalue weighted by Crippen LogP contribution is -2.50. The topological polar surface area (TPSA) is 151 Å². The molecule has 2 N–H and O–H groups in total. The van der Waals surface area contributed by atoms with Crippen LogP contribution in [0.2, 0.25) is 10.0 Å². The number of anilines is 2. The summed E-state index contributed by atoms with van der Waals surface area (Å²) in [5.74, 6) is 1.21. The molecule has 86 heavy (non-hydrogen) atoms. The fourth-order valence-corrected chi connectivity index (χ4v) is 22.2. The summed E-state index contributed by atoms with van der Waals surface area (Å²) in [7, 11) is -4.08. The van der Waals surface area contributed by atoms with Crippen LogP contribution in [0.4, 0.5) is 20.2 Å². The molecule has 2 saturated carbocycles. The van der Waals surface area contributed by atoms with E-state index in [4.69, 9.17) is 32.7 Å². The Kier molecular flexibility index (Phi) is 16.7. The number of carbonyl (C=O) groups excluding carboxylic acids is 2. The summed E-state index contributed by atoms with van der Waals surface area (Å²) < 4.78 is 99.8. The van der Waals surface area contributed by atoms with Gasteiger partial charge in [0.15, 0.2) is 0 Å². The zero-order valence-electron chi connectivity index (χ0n) is 49.1. The van der Waals surface area contributed by atoms with Gasteiger partial charge in [-0.2, -0.15) is 0 Å². The highest BCUT2D eigenvalue weighted by molar-refractivity contribution is 7.99. The first-order chi connectivity index (χ1) is 41.1. The smallest absolute Gasteiger partial charge is 0.264 e. The summed E-state index contributed by atoms with van der Waals surface area (Å²) in [4.78, 5) is 33.6. The second-order valence-electron chi connectivity index (χ2n) is 26.7. The molecule has 12 aliphatic rings. The second-order valence-corrected chi connectivity index (χ2v) is 33.0. The van der Waals surface area contributed by atoms with Gasteiger partial charge >= 0.3 is 0 Å². The average molecular weight is 1290 g/mol. The molecule has 12 atom stereocenters. The van der Waals surface area contributed by atoms with Gasteiger partial charge in [-0.15, -0.1) is 23.5 Å². The third-order valence-electron chi connectivity index (χ3n) is 21.4. The van der Waals surface area contributed by atoms with Crippen molar-refractivity contribution in [3.63, 3.8) is 0 Å². The number of hydrogen-bond acceptors (Lipinski definition) is 12. The molecule has 4 aromatic rings. The van der Waals surface area contributed by atoms with Crippen molar-refractivity contribution in [2.24, 2.45) is 47.3 Å². The van der Waals surface area contributed by atoms with E-state index in [-0.39, 0.29) is 79.9 Å². The van der Waals surface area contributed by atoms with Crippen molar-refractivity contribution in [3.05, 3.63) is 139 Å². The molecule has 8 bridgehead atoms. The van der Waals surface area contributed by atoms with Gasteiger partial charge in [0, 0.05) is 83.7 Å². The van der Waals surface area contributed by atoms with Crippen molar-refractivity contribution in [1.82, 2.24) is 9.44 Å². The van der Waals surface area contributed by atoms with E-state index in [0.717, 1.165) is 132 Å². The number of amides is 2. The molecule has 12 nitrogen and oxygen atoms in total. The number of halogens is 4. The maximum atomic E-state index is 15.3. The number of nitrogens with zero attached hydrogens (tertiary/aromatic N) is 2. The third kappa shape index (κ3) is 11.3. The van der Waals surface area contributed by atoms with E-state index >= 15 is 8.78 Å². The number of carbonyl (C=O) groups is 2. The second kappa shape index (κ2) is 23.6. The fourth-order valence-electron chi connectivity index (χ4n) is 16.4.